The van der Waals surface area contributed by atoms with Crippen LogP contribution in [0.4, 0.5) is 0 Å². The summed E-state index contributed by atoms with van der Waals surface area (Å²) >= 11 is 11.9. The number of sulfonamides is 1. The molecule has 1 atom stereocenters. The number of methoxy groups -OCH3 is 2. The topological polar surface area (TPSA) is 64.6 Å². The number of rotatable bonds is 6. The van der Waals surface area contributed by atoms with Crippen LogP contribution >= 0.6 is 23.2 Å². The minimum Gasteiger partial charge on any atom is -0.493 e. The predicted octanol–water partition coefficient (Wildman–Crippen LogP) is 4.05. The lowest BCUT2D eigenvalue weighted by Gasteiger charge is -2.16. The van der Waals surface area contributed by atoms with Gasteiger partial charge < -0.3 is 9.47 Å². The summed E-state index contributed by atoms with van der Waals surface area (Å²) < 4.78 is 38.0. The highest BCUT2D eigenvalue weighted by Crippen LogP contribution is 2.30. The van der Waals surface area contributed by atoms with Gasteiger partial charge in [-0.25, -0.2) is 13.1 Å². The predicted molar refractivity (Wildman–Crippen MR) is 94.7 cm³/mol. The van der Waals surface area contributed by atoms with E-state index >= 15 is 0 Å². The Labute approximate surface area is 151 Å². The Morgan fingerprint density at radius 1 is 0.958 bits per heavy atom. The van der Waals surface area contributed by atoms with Crippen LogP contribution in [0, 0.1) is 0 Å². The zero-order valence-electron chi connectivity index (χ0n) is 13.3. The molecule has 0 heterocycles. The molecule has 0 spiro atoms. The molecule has 8 heteroatoms. The molecule has 130 valence electrons. The fourth-order valence-electron chi connectivity index (χ4n) is 2.13. The van der Waals surface area contributed by atoms with Crippen molar-refractivity contribution in [2.45, 2.75) is 17.9 Å². The third kappa shape index (κ3) is 4.13. The van der Waals surface area contributed by atoms with Gasteiger partial charge in [0, 0.05) is 12.1 Å². The van der Waals surface area contributed by atoms with E-state index in [1.54, 1.807) is 25.1 Å². The number of hydrogen-bond acceptors (Lipinski definition) is 4. The molecule has 0 saturated carbocycles. The minimum atomic E-state index is -3.75. The summed E-state index contributed by atoms with van der Waals surface area (Å²) in [7, 11) is -0.823. The molecule has 2 aromatic carbocycles. The van der Waals surface area contributed by atoms with Crippen molar-refractivity contribution in [1.29, 1.82) is 0 Å². The zero-order valence-corrected chi connectivity index (χ0v) is 15.7. The van der Waals surface area contributed by atoms with Crippen molar-refractivity contribution in [2.24, 2.45) is 0 Å². The Morgan fingerprint density at radius 2 is 1.62 bits per heavy atom. The summed E-state index contributed by atoms with van der Waals surface area (Å²) in [5.74, 6) is 0.788. The highest BCUT2D eigenvalue weighted by Gasteiger charge is 2.20. The van der Waals surface area contributed by atoms with Crippen LogP contribution in [0.2, 0.25) is 10.0 Å². The van der Waals surface area contributed by atoms with Crippen LogP contribution in [0.5, 0.6) is 11.5 Å². The molecule has 0 aromatic heterocycles. The molecule has 1 N–H and O–H groups in total. The monoisotopic (exact) mass is 389 g/mol. The van der Waals surface area contributed by atoms with E-state index in [0.29, 0.717) is 27.1 Å². The van der Waals surface area contributed by atoms with Gasteiger partial charge in [0.1, 0.15) is 0 Å². The van der Waals surface area contributed by atoms with E-state index in [9.17, 15) is 8.42 Å². The van der Waals surface area contributed by atoms with Crippen molar-refractivity contribution in [3.63, 3.8) is 0 Å². The van der Waals surface area contributed by atoms with Gasteiger partial charge in [-0.2, -0.15) is 0 Å². The first kappa shape index (κ1) is 18.9. The van der Waals surface area contributed by atoms with Gasteiger partial charge in [-0.1, -0.05) is 29.3 Å². The van der Waals surface area contributed by atoms with E-state index in [4.69, 9.17) is 32.7 Å². The maximum Gasteiger partial charge on any atom is 0.241 e. The molecule has 24 heavy (non-hydrogen) atoms. The number of halogens is 2. The SMILES string of the molecule is COc1ccc(S(=O)(=O)N[C@@H](C)c2ccc(Cl)c(Cl)c2)cc1OC. The lowest BCUT2D eigenvalue weighted by Crippen LogP contribution is -2.27. The standard InChI is InChI=1S/C16H17Cl2NO4S/c1-10(11-4-6-13(17)14(18)8-11)19-24(20,21)12-5-7-15(22-2)16(9-12)23-3/h4-10,19H,1-3H3/t10-/m0/s1. The van der Waals surface area contributed by atoms with Gasteiger partial charge in [0.2, 0.25) is 10.0 Å². The average Bonchev–Trinajstić information content (AvgIpc) is 2.56. The number of benzene rings is 2. The molecule has 5 nitrogen and oxygen atoms in total. The number of ether oxygens (including phenoxy) is 2. The van der Waals surface area contributed by atoms with E-state index in [-0.39, 0.29) is 4.90 Å². The van der Waals surface area contributed by atoms with Crippen LogP contribution in [0.25, 0.3) is 0 Å². The first-order valence-corrected chi connectivity index (χ1v) is 9.21. The van der Waals surface area contributed by atoms with Crippen LogP contribution in [0.15, 0.2) is 41.3 Å². The molecule has 0 fully saturated rings. The Morgan fingerprint density at radius 3 is 2.21 bits per heavy atom. The Balaban J connectivity index is 2.28. The van der Waals surface area contributed by atoms with Crippen LogP contribution in [0.1, 0.15) is 18.5 Å². The van der Waals surface area contributed by atoms with E-state index in [2.05, 4.69) is 4.72 Å². The largest absolute Gasteiger partial charge is 0.493 e. The van der Waals surface area contributed by atoms with Gasteiger partial charge in [-0.05, 0) is 36.8 Å². The maximum atomic E-state index is 12.6. The van der Waals surface area contributed by atoms with Crippen LogP contribution < -0.4 is 14.2 Å². The van der Waals surface area contributed by atoms with Gasteiger partial charge in [-0.3, -0.25) is 0 Å². The molecule has 0 radical (unpaired) electrons. The van der Waals surface area contributed by atoms with E-state index in [0.717, 1.165) is 0 Å². The van der Waals surface area contributed by atoms with Gasteiger partial charge in [0.05, 0.1) is 29.2 Å². The summed E-state index contributed by atoms with van der Waals surface area (Å²) in [6.07, 6.45) is 0. The van der Waals surface area contributed by atoms with Crippen molar-refractivity contribution >= 4 is 33.2 Å². The molecular weight excluding hydrogens is 373 g/mol. The molecule has 2 aromatic rings. The van der Waals surface area contributed by atoms with Crippen LogP contribution in [0.3, 0.4) is 0 Å². The molecule has 0 aliphatic heterocycles. The lowest BCUT2D eigenvalue weighted by atomic mass is 10.1. The van der Waals surface area contributed by atoms with Crippen molar-refractivity contribution < 1.29 is 17.9 Å². The van der Waals surface area contributed by atoms with Crippen molar-refractivity contribution in [3.8, 4) is 11.5 Å². The van der Waals surface area contributed by atoms with Crippen molar-refractivity contribution in [2.75, 3.05) is 14.2 Å². The third-order valence-corrected chi connectivity index (χ3v) is 5.72. The number of hydrogen-bond donors (Lipinski definition) is 1. The molecule has 0 saturated heterocycles. The summed E-state index contributed by atoms with van der Waals surface area (Å²) in [5, 5.41) is 0.779. The Kier molecular flexibility index (Phi) is 5.98. The normalized spacial score (nSPS) is 12.7. The molecule has 0 unspecified atom stereocenters. The summed E-state index contributed by atoms with van der Waals surface area (Å²) in [4.78, 5) is 0.0760. The van der Waals surface area contributed by atoms with E-state index < -0.39 is 16.1 Å². The number of nitrogens with one attached hydrogen (secondary N) is 1. The zero-order chi connectivity index (χ0) is 17.9. The summed E-state index contributed by atoms with van der Waals surface area (Å²) in [6, 6.07) is 8.88. The van der Waals surface area contributed by atoms with Gasteiger partial charge in [-0.15, -0.1) is 0 Å². The second kappa shape index (κ2) is 7.61. The van der Waals surface area contributed by atoms with Gasteiger partial charge in [0.25, 0.3) is 0 Å². The van der Waals surface area contributed by atoms with Gasteiger partial charge >= 0.3 is 0 Å². The molecule has 0 bridgehead atoms. The fraction of sp³-hybridized carbons (Fsp3) is 0.250. The highest BCUT2D eigenvalue weighted by atomic mass is 35.5. The lowest BCUT2D eigenvalue weighted by molar-refractivity contribution is 0.354. The maximum absolute atomic E-state index is 12.6. The van der Waals surface area contributed by atoms with Crippen molar-refractivity contribution in [1.82, 2.24) is 4.72 Å². The average molecular weight is 390 g/mol. The summed E-state index contributed by atoms with van der Waals surface area (Å²) in [6.45, 7) is 1.72. The van der Waals surface area contributed by atoms with Gasteiger partial charge in [0.15, 0.2) is 11.5 Å². The quantitative estimate of drug-likeness (QED) is 0.808. The van der Waals surface area contributed by atoms with Crippen LogP contribution in [-0.4, -0.2) is 22.6 Å². The van der Waals surface area contributed by atoms with Crippen LogP contribution in [-0.2, 0) is 10.0 Å². The first-order valence-electron chi connectivity index (χ1n) is 6.98. The van der Waals surface area contributed by atoms with Crippen molar-refractivity contribution in [3.05, 3.63) is 52.0 Å². The van der Waals surface area contributed by atoms with E-state index in [1.807, 2.05) is 0 Å². The third-order valence-electron chi connectivity index (χ3n) is 3.44. The summed E-state index contributed by atoms with van der Waals surface area (Å²) in [5.41, 5.74) is 0.702. The molecule has 2 rings (SSSR count). The van der Waals surface area contributed by atoms with E-state index in [1.165, 1.54) is 32.4 Å². The highest BCUT2D eigenvalue weighted by molar-refractivity contribution is 7.89. The molecular formula is C16H17Cl2NO4S. The molecule has 0 amide bonds. The first-order chi connectivity index (χ1) is 11.3. The Hall–Kier alpha value is -1.47. The molecule has 0 aliphatic carbocycles. The minimum absolute atomic E-state index is 0.0760. The smallest absolute Gasteiger partial charge is 0.241 e. The Bertz CT molecular complexity index is 840. The second-order valence-corrected chi connectivity index (χ2v) is 7.56. The second-order valence-electron chi connectivity index (χ2n) is 5.03. The fourth-order valence-corrected chi connectivity index (χ4v) is 3.69. The molecule has 0 aliphatic rings.